The van der Waals surface area contributed by atoms with Gasteiger partial charge in [0.05, 0.1) is 23.4 Å². The van der Waals surface area contributed by atoms with E-state index in [1.165, 1.54) is 12.5 Å². The number of carbonyl (C=O) groups is 2. The molecule has 3 aromatic rings. The van der Waals surface area contributed by atoms with Crippen LogP contribution in [0.25, 0.3) is 0 Å². The topological polar surface area (TPSA) is 124 Å². The molecule has 0 bridgehead atoms. The molecule has 9 heteroatoms. The van der Waals surface area contributed by atoms with Crippen LogP contribution >= 0.6 is 12.2 Å². The van der Waals surface area contributed by atoms with E-state index in [1.807, 2.05) is 0 Å². The van der Waals surface area contributed by atoms with Gasteiger partial charge < -0.3 is 25.3 Å². The van der Waals surface area contributed by atoms with E-state index >= 15 is 0 Å². The maximum absolute atomic E-state index is 13.0. The van der Waals surface area contributed by atoms with Crippen molar-refractivity contribution < 1.29 is 24.2 Å². The molecule has 0 fully saturated rings. The molecule has 1 aliphatic rings. The minimum absolute atomic E-state index is 0.00118. The van der Waals surface area contributed by atoms with Crippen LogP contribution in [0, 0.1) is 24.7 Å². The molecule has 2 aromatic carbocycles. The summed E-state index contributed by atoms with van der Waals surface area (Å²) in [6.45, 7) is 1.79. The van der Waals surface area contributed by atoms with E-state index in [2.05, 4.69) is 27.5 Å². The van der Waals surface area contributed by atoms with Gasteiger partial charge in [-0.3, -0.25) is 14.6 Å². The molecule has 1 atom stereocenters. The zero-order valence-corrected chi connectivity index (χ0v) is 21.3. The molecule has 0 aliphatic carbocycles. The summed E-state index contributed by atoms with van der Waals surface area (Å²) in [7, 11) is 0. The third-order valence-electron chi connectivity index (χ3n) is 5.76. The molecule has 1 aliphatic heterocycles. The van der Waals surface area contributed by atoms with Gasteiger partial charge >= 0.3 is 0 Å². The fraction of sp³-hybridized carbons (Fsp3) is 0.172. The van der Waals surface area contributed by atoms with Gasteiger partial charge in [-0.25, -0.2) is 0 Å². The zero-order valence-electron chi connectivity index (χ0n) is 20.5. The highest BCUT2D eigenvalue weighted by Gasteiger charge is 2.24. The molecule has 4 N–H and O–H groups in total. The fourth-order valence-corrected chi connectivity index (χ4v) is 4.02. The molecule has 0 radical (unpaired) electrons. The fourth-order valence-electron chi connectivity index (χ4n) is 3.76. The number of benzene rings is 2. The van der Waals surface area contributed by atoms with Crippen LogP contribution in [-0.4, -0.2) is 39.7 Å². The highest BCUT2D eigenvalue weighted by Crippen LogP contribution is 2.29. The second-order valence-electron chi connectivity index (χ2n) is 8.51. The number of aliphatic hydroxyl groups excluding tert-OH is 1. The lowest BCUT2D eigenvalue weighted by Gasteiger charge is -2.16. The molecule has 0 saturated heterocycles. The minimum Gasteiger partial charge on any atom is -0.505 e. The largest absolute Gasteiger partial charge is 0.505 e. The van der Waals surface area contributed by atoms with Crippen LogP contribution in [0.3, 0.4) is 0 Å². The molecular formula is C29H25N3O5S. The Morgan fingerprint density at radius 1 is 1.13 bits per heavy atom. The average Bonchev–Trinajstić information content (AvgIpc) is 3.34. The highest BCUT2D eigenvalue weighted by molar-refractivity contribution is 7.81. The first-order chi connectivity index (χ1) is 18.4. The van der Waals surface area contributed by atoms with Gasteiger partial charge in [0, 0.05) is 40.7 Å². The van der Waals surface area contributed by atoms with E-state index in [4.69, 9.17) is 21.7 Å². The number of aryl methyl sites for hydroxylation is 2. The van der Waals surface area contributed by atoms with E-state index < -0.39 is 11.8 Å². The smallest absolute Gasteiger partial charge is 0.291 e. The van der Waals surface area contributed by atoms with Crippen LogP contribution in [0.2, 0.25) is 0 Å². The van der Waals surface area contributed by atoms with Crippen molar-refractivity contribution in [3.63, 3.8) is 0 Å². The van der Waals surface area contributed by atoms with Crippen molar-refractivity contribution in [2.75, 3.05) is 17.2 Å². The quantitative estimate of drug-likeness (QED) is 0.205. The number of furan rings is 1. The maximum atomic E-state index is 13.0. The van der Waals surface area contributed by atoms with Crippen LogP contribution in [0.5, 0.6) is 5.75 Å². The number of aromatic hydroxyl groups is 1. The Balaban J connectivity index is 1.44. The summed E-state index contributed by atoms with van der Waals surface area (Å²) in [6, 6.07) is 13.8. The van der Waals surface area contributed by atoms with Gasteiger partial charge in [-0.15, -0.1) is 0 Å². The lowest BCUT2D eigenvalue weighted by atomic mass is 9.97. The molecular weight excluding hydrogens is 502 g/mol. The monoisotopic (exact) mass is 527 g/mol. The first-order valence-corrected chi connectivity index (χ1v) is 12.3. The van der Waals surface area contributed by atoms with Gasteiger partial charge in [-0.2, -0.15) is 0 Å². The van der Waals surface area contributed by atoms with Crippen molar-refractivity contribution in [3.05, 3.63) is 89.0 Å². The second-order valence-corrected chi connectivity index (χ2v) is 8.95. The molecule has 8 nitrogen and oxygen atoms in total. The Labute approximate surface area is 225 Å². The van der Waals surface area contributed by atoms with Gasteiger partial charge in [-0.1, -0.05) is 42.3 Å². The van der Waals surface area contributed by atoms with Crippen molar-refractivity contribution in [1.82, 2.24) is 0 Å². The number of aliphatic hydroxyl groups is 1. The Kier molecular flexibility index (Phi) is 8.48. The molecule has 1 aromatic heterocycles. The molecule has 0 spiro atoms. The van der Waals surface area contributed by atoms with Crippen molar-refractivity contribution in [3.8, 4) is 17.6 Å². The number of para-hydroxylation sites is 1. The Morgan fingerprint density at radius 3 is 2.71 bits per heavy atom. The molecule has 4 rings (SSSR count). The van der Waals surface area contributed by atoms with Crippen LogP contribution in [0.4, 0.5) is 11.4 Å². The summed E-state index contributed by atoms with van der Waals surface area (Å²) >= 11 is 5.53. The number of anilines is 2. The number of nitrogens with zero attached hydrogens (tertiary/aromatic N) is 1. The Morgan fingerprint density at radius 2 is 1.95 bits per heavy atom. The van der Waals surface area contributed by atoms with Crippen molar-refractivity contribution >= 4 is 46.5 Å². The van der Waals surface area contributed by atoms with E-state index in [0.29, 0.717) is 34.5 Å². The molecule has 2 amide bonds. The van der Waals surface area contributed by atoms with Crippen molar-refractivity contribution in [2.45, 2.75) is 19.8 Å². The lowest BCUT2D eigenvalue weighted by molar-refractivity contribution is -0.112. The first-order valence-electron chi connectivity index (χ1n) is 11.8. The number of aliphatic imine (C=N–C) groups is 1. The standard InChI is InChI=1S/C29H25N3O5S/c1-18-12-14-37-26(18)29(36)31-22-8-2-5-19(15-22)10-11-21-16-30-17-23(27(21)38)28(35)32-24-9-3-6-20(25(24)34)7-4-13-33/h2-3,5-6,8-9,12,14-17,21,33-34H,4,7,13H2,1H3,(H,31,36)(H,32,35). The number of phenols is 1. The summed E-state index contributed by atoms with van der Waals surface area (Å²) in [5, 5.41) is 25.0. The number of hydrogen-bond donors (Lipinski definition) is 4. The van der Waals surface area contributed by atoms with Crippen molar-refractivity contribution in [2.24, 2.45) is 10.9 Å². The number of nitrogens with one attached hydrogen (secondary N) is 2. The van der Waals surface area contributed by atoms with E-state index in [0.717, 1.165) is 5.56 Å². The van der Waals surface area contributed by atoms with Crippen LogP contribution in [0.1, 0.15) is 33.7 Å². The Bertz CT molecular complexity index is 1510. The van der Waals surface area contributed by atoms with Crippen LogP contribution in [0.15, 0.2) is 76.0 Å². The normalized spacial score (nSPS) is 14.3. The number of phenolic OH excluding ortho intramolecular Hbond substituents is 1. The van der Waals surface area contributed by atoms with E-state index in [9.17, 15) is 14.7 Å². The van der Waals surface area contributed by atoms with Crippen LogP contribution in [-0.2, 0) is 11.2 Å². The van der Waals surface area contributed by atoms with E-state index in [-0.39, 0.29) is 35.3 Å². The minimum atomic E-state index is -0.579. The zero-order chi connectivity index (χ0) is 27.1. The number of amides is 2. The summed E-state index contributed by atoms with van der Waals surface area (Å²) in [4.78, 5) is 29.8. The maximum Gasteiger partial charge on any atom is 0.291 e. The van der Waals surface area contributed by atoms with Crippen molar-refractivity contribution in [1.29, 1.82) is 0 Å². The summed E-state index contributed by atoms with van der Waals surface area (Å²) in [5.41, 5.74) is 2.98. The molecule has 38 heavy (non-hydrogen) atoms. The number of carbonyl (C=O) groups excluding carboxylic acids is 2. The molecule has 2 heterocycles. The summed E-state index contributed by atoms with van der Waals surface area (Å²) in [6.07, 6.45) is 5.36. The van der Waals surface area contributed by atoms with Gasteiger partial charge in [0.1, 0.15) is 5.75 Å². The molecule has 0 saturated carbocycles. The van der Waals surface area contributed by atoms with Gasteiger partial charge in [0.2, 0.25) is 0 Å². The number of rotatable bonds is 7. The van der Waals surface area contributed by atoms with E-state index in [1.54, 1.807) is 61.7 Å². The average molecular weight is 528 g/mol. The molecule has 192 valence electrons. The predicted molar refractivity (Wildman–Crippen MR) is 150 cm³/mol. The predicted octanol–water partition coefficient (Wildman–Crippen LogP) is 4.42. The SMILES string of the molecule is Cc1ccoc1C(=O)Nc1cccc(C#CC2C=NC=C(C(=O)Nc3cccc(CCCO)c3O)C2=S)c1. The lowest BCUT2D eigenvalue weighted by Crippen LogP contribution is -2.26. The second kappa shape index (κ2) is 12.1. The summed E-state index contributed by atoms with van der Waals surface area (Å²) in [5.74, 6) is 4.81. The first kappa shape index (κ1) is 26.5. The van der Waals surface area contributed by atoms with Gasteiger partial charge in [-0.05, 0) is 55.7 Å². The third-order valence-corrected chi connectivity index (χ3v) is 6.24. The molecule has 1 unspecified atom stereocenters. The van der Waals surface area contributed by atoms with Gasteiger partial charge in [0.15, 0.2) is 5.76 Å². The Hall–Kier alpha value is -4.52. The highest BCUT2D eigenvalue weighted by atomic mass is 32.1. The number of hydrogen-bond acceptors (Lipinski definition) is 7. The summed E-state index contributed by atoms with van der Waals surface area (Å²) < 4.78 is 5.23. The van der Waals surface area contributed by atoms with Crippen LogP contribution < -0.4 is 10.6 Å². The van der Waals surface area contributed by atoms with Gasteiger partial charge in [0.25, 0.3) is 11.8 Å². The number of thiocarbonyl (C=S) groups is 1. The third kappa shape index (κ3) is 6.24.